The molecule has 162 valence electrons. The fraction of sp³-hybridized carbons (Fsp3) is 0.0435. The first-order valence-corrected chi connectivity index (χ1v) is 11.2. The van der Waals surface area contributed by atoms with E-state index in [-0.39, 0.29) is 0 Å². The summed E-state index contributed by atoms with van der Waals surface area (Å²) in [6.07, 6.45) is 4.88. The zero-order chi connectivity index (χ0) is 22.6. The molecule has 0 atom stereocenters. The van der Waals surface area contributed by atoms with Gasteiger partial charge in [-0.15, -0.1) is 10.2 Å². The van der Waals surface area contributed by atoms with Crippen molar-refractivity contribution in [3.8, 4) is 11.5 Å². The number of anilines is 2. The number of para-hydroxylation sites is 1. The second-order valence-electron chi connectivity index (χ2n) is 7.02. The maximum atomic E-state index is 5.79. The van der Waals surface area contributed by atoms with Gasteiger partial charge in [-0.3, -0.25) is 4.98 Å². The van der Waals surface area contributed by atoms with Crippen LogP contribution in [0.3, 0.4) is 0 Å². The minimum Gasteiger partial charge on any atom is -0.411 e. The summed E-state index contributed by atoms with van der Waals surface area (Å²) in [6.45, 7) is 2.03. The first-order valence-electron chi connectivity index (χ1n) is 9.96. The molecule has 5 aromatic rings. The molecule has 3 aromatic heterocycles. The van der Waals surface area contributed by atoms with Gasteiger partial charge in [0.15, 0.2) is 5.11 Å². The monoisotopic (exact) mass is 471 g/mol. The highest BCUT2D eigenvalue weighted by atomic mass is 32.2. The lowest BCUT2D eigenvalue weighted by Gasteiger charge is -2.13. The topological polar surface area (TPSA) is 102 Å². The number of aryl methyl sites for hydroxylation is 1. The third-order valence-electron chi connectivity index (χ3n) is 4.75. The highest BCUT2D eigenvalue weighted by Crippen LogP contribution is 2.33. The normalized spacial score (nSPS) is 10.8. The van der Waals surface area contributed by atoms with Crippen LogP contribution in [0.25, 0.3) is 22.4 Å². The van der Waals surface area contributed by atoms with E-state index < -0.39 is 0 Å². The van der Waals surface area contributed by atoms with Gasteiger partial charge in [0.1, 0.15) is 11.4 Å². The van der Waals surface area contributed by atoms with E-state index >= 15 is 0 Å². The van der Waals surface area contributed by atoms with Gasteiger partial charge in [-0.05, 0) is 72.9 Å². The number of rotatable bonds is 5. The van der Waals surface area contributed by atoms with Gasteiger partial charge < -0.3 is 15.1 Å². The van der Waals surface area contributed by atoms with Crippen LogP contribution >= 0.6 is 24.0 Å². The van der Waals surface area contributed by atoms with Crippen molar-refractivity contribution in [1.82, 2.24) is 25.1 Å². The maximum Gasteiger partial charge on any atom is 0.283 e. The van der Waals surface area contributed by atoms with Gasteiger partial charge in [-0.25, -0.2) is 9.97 Å². The van der Waals surface area contributed by atoms with Crippen molar-refractivity contribution in [2.75, 3.05) is 10.6 Å². The van der Waals surface area contributed by atoms with Crippen LogP contribution < -0.4 is 10.6 Å². The molecule has 10 heteroatoms. The molecule has 0 fully saturated rings. The van der Waals surface area contributed by atoms with E-state index in [9.17, 15) is 0 Å². The minimum atomic E-state index is 0.379. The Kier molecular flexibility index (Phi) is 5.92. The molecular weight excluding hydrogens is 454 g/mol. The smallest absolute Gasteiger partial charge is 0.283 e. The standard InChI is InChI=1S/C23H17N7OS2/c1-14-5-2-3-7-18(14)28-22(32)27-16-8-9-19-17(11-16)21(26-13-25-19)33-23-30-29-20(31-23)15-6-4-10-24-12-15/h2-13H,1H3,(H2,27,28,32). The first kappa shape index (κ1) is 21.0. The van der Waals surface area contributed by atoms with Gasteiger partial charge in [-0.2, -0.15) is 0 Å². The van der Waals surface area contributed by atoms with E-state index in [2.05, 4.69) is 35.8 Å². The molecule has 0 radical (unpaired) electrons. The van der Waals surface area contributed by atoms with Gasteiger partial charge >= 0.3 is 0 Å². The Morgan fingerprint density at radius 2 is 1.91 bits per heavy atom. The van der Waals surface area contributed by atoms with E-state index in [0.29, 0.717) is 21.3 Å². The molecule has 0 saturated heterocycles. The number of hydrogen-bond donors (Lipinski definition) is 2. The summed E-state index contributed by atoms with van der Waals surface area (Å²) in [5, 5.41) is 17.1. The fourth-order valence-corrected chi connectivity index (χ4v) is 4.10. The predicted molar refractivity (Wildman–Crippen MR) is 132 cm³/mol. The number of thiocarbonyl (C=S) groups is 1. The minimum absolute atomic E-state index is 0.379. The van der Waals surface area contributed by atoms with E-state index in [1.165, 1.54) is 18.1 Å². The molecule has 0 unspecified atom stereocenters. The van der Waals surface area contributed by atoms with Gasteiger partial charge in [0.2, 0.25) is 5.89 Å². The summed E-state index contributed by atoms with van der Waals surface area (Å²) in [6, 6.07) is 17.4. The summed E-state index contributed by atoms with van der Waals surface area (Å²) in [4.78, 5) is 12.9. The zero-order valence-corrected chi connectivity index (χ0v) is 19.0. The molecule has 0 aliphatic heterocycles. The summed E-state index contributed by atoms with van der Waals surface area (Å²) < 4.78 is 5.79. The number of aromatic nitrogens is 5. The lowest BCUT2D eigenvalue weighted by molar-refractivity contribution is 0.465. The van der Waals surface area contributed by atoms with Crippen molar-refractivity contribution in [2.24, 2.45) is 0 Å². The summed E-state index contributed by atoms with van der Waals surface area (Å²) >= 11 is 6.77. The zero-order valence-electron chi connectivity index (χ0n) is 17.4. The van der Waals surface area contributed by atoms with Gasteiger partial charge in [0.05, 0.1) is 11.1 Å². The summed E-state index contributed by atoms with van der Waals surface area (Å²) in [5.41, 5.74) is 4.42. The number of benzene rings is 2. The molecule has 0 amide bonds. The van der Waals surface area contributed by atoms with Gasteiger partial charge in [0, 0.05) is 29.2 Å². The molecule has 2 aromatic carbocycles. The average Bonchev–Trinajstić information content (AvgIpc) is 3.30. The summed E-state index contributed by atoms with van der Waals surface area (Å²) in [7, 11) is 0. The Labute approximate surface area is 198 Å². The molecule has 0 spiro atoms. The van der Waals surface area contributed by atoms with Gasteiger partial charge in [0.25, 0.3) is 5.22 Å². The van der Waals surface area contributed by atoms with Crippen LogP contribution in [0, 0.1) is 6.92 Å². The molecule has 2 N–H and O–H groups in total. The highest BCUT2D eigenvalue weighted by Gasteiger charge is 2.14. The van der Waals surface area contributed by atoms with Crippen molar-refractivity contribution >= 4 is 51.4 Å². The SMILES string of the molecule is Cc1ccccc1NC(=S)Nc1ccc2ncnc(Sc3nnc(-c4cccnc4)o3)c2c1. The summed E-state index contributed by atoms with van der Waals surface area (Å²) in [5.74, 6) is 0.402. The van der Waals surface area contributed by atoms with E-state index in [4.69, 9.17) is 16.6 Å². The Morgan fingerprint density at radius 1 is 1.00 bits per heavy atom. The van der Waals surface area contributed by atoms with Crippen LogP contribution in [-0.2, 0) is 0 Å². The van der Waals surface area contributed by atoms with Crippen molar-refractivity contribution in [1.29, 1.82) is 0 Å². The molecular formula is C23H17N7OS2. The predicted octanol–water partition coefficient (Wildman–Crippen LogP) is 5.34. The Balaban J connectivity index is 1.37. The number of pyridine rings is 1. The van der Waals surface area contributed by atoms with Crippen LogP contribution in [0.4, 0.5) is 11.4 Å². The van der Waals surface area contributed by atoms with Crippen LogP contribution in [-0.4, -0.2) is 30.3 Å². The molecule has 0 saturated carbocycles. The molecule has 0 aliphatic rings. The molecule has 33 heavy (non-hydrogen) atoms. The van der Waals surface area contributed by atoms with Crippen LogP contribution in [0.2, 0.25) is 0 Å². The number of fused-ring (bicyclic) bond motifs is 1. The van der Waals surface area contributed by atoms with Crippen molar-refractivity contribution in [2.45, 2.75) is 17.2 Å². The maximum absolute atomic E-state index is 5.79. The van der Waals surface area contributed by atoms with E-state index in [0.717, 1.165) is 33.4 Å². The Hall–Kier alpha value is -3.89. The third kappa shape index (κ3) is 4.81. The van der Waals surface area contributed by atoms with Crippen molar-refractivity contribution in [3.05, 3.63) is 78.9 Å². The van der Waals surface area contributed by atoms with Crippen molar-refractivity contribution < 1.29 is 4.42 Å². The lowest BCUT2D eigenvalue weighted by atomic mass is 10.2. The largest absolute Gasteiger partial charge is 0.411 e. The number of hydrogen-bond acceptors (Lipinski definition) is 8. The molecule has 8 nitrogen and oxygen atoms in total. The molecule has 5 rings (SSSR count). The average molecular weight is 472 g/mol. The van der Waals surface area contributed by atoms with Crippen LogP contribution in [0.15, 0.2) is 88.0 Å². The van der Waals surface area contributed by atoms with Gasteiger partial charge in [-0.1, -0.05) is 18.2 Å². The number of nitrogens with zero attached hydrogens (tertiary/aromatic N) is 5. The first-order chi connectivity index (χ1) is 16.2. The fourth-order valence-electron chi connectivity index (χ4n) is 3.13. The highest BCUT2D eigenvalue weighted by molar-refractivity contribution is 7.99. The van der Waals surface area contributed by atoms with E-state index in [1.54, 1.807) is 12.4 Å². The molecule has 0 aliphatic carbocycles. The quantitative estimate of drug-likeness (QED) is 0.258. The van der Waals surface area contributed by atoms with Crippen molar-refractivity contribution in [3.63, 3.8) is 0 Å². The lowest BCUT2D eigenvalue weighted by Crippen LogP contribution is -2.19. The third-order valence-corrected chi connectivity index (χ3v) is 5.81. The Bertz CT molecular complexity index is 1440. The van der Waals surface area contributed by atoms with Crippen LogP contribution in [0.5, 0.6) is 0 Å². The molecule has 0 bridgehead atoms. The second-order valence-corrected chi connectivity index (χ2v) is 8.37. The second kappa shape index (κ2) is 9.31. The van der Waals surface area contributed by atoms with E-state index in [1.807, 2.05) is 61.5 Å². The van der Waals surface area contributed by atoms with Crippen LogP contribution in [0.1, 0.15) is 5.56 Å². The molecule has 3 heterocycles. The Morgan fingerprint density at radius 3 is 2.76 bits per heavy atom. The number of nitrogens with one attached hydrogen (secondary N) is 2.